The van der Waals surface area contributed by atoms with Crippen LogP contribution in [0.15, 0.2) is 34.3 Å². The van der Waals surface area contributed by atoms with Crippen LogP contribution in [0, 0.1) is 11.8 Å². The van der Waals surface area contributed by atoms with Gasteiger partial charge in [-0.1, -0.05) is 24.3 Å². The number of carbonyl (C=O) groups is 2. The summed E-state index contributed by atoms with van der Waals surface area (Å²) in [5.74, 6) is -3.26. The Kier molecular flexibility index (Phi) is 3.00. The topological polar surface area (TPSA) is 99.3 Å². The molecule has 6 heteroatoms. The van der Waals surface area contributed by atoms with E-state index in [-0.39, 0.29) is 0 Å². The average molecular weight is 274 g/mol. The lowest BCUT2D eigenvalue weighted by atomic mass is 9.82. The zero-order valence-electron chi connectivity index (χ0n) is 10.6. The van der Waals surface area contributed by atoms with E-state index >= 15 is 0 Å². The average Bonchev–Trinajstić information content (AvgIpc) is 2.43. The molecule has 2 aliphatic carbocycles. The summed E-state index contributed by atoms with van der Waals surface area (Å²) in [6, 6.07) is -0.964. The number of carboxylic acids is 2. The van der Waals surface area contributed by atoms with Gasteiger partial charge in [-0.3, -0.25) is 19.6 Å². The Morgan fingerprint density at radius 2 is 1.30 bits per heavy atom. The molecule has 0 aromatic rings. The van der Waals surface area contributed by atoms with E-state index in [1.807, 2.05) is 0 Å². The van der Waals surface area contributed by atoms with Crippen LogP contribution in [0.5, 0.6) is 0 Å². The molecule has 0 fully saturated rings. The Morgan fingerprint density at radius 1 is 0.900 bits per heavy atom. The quantitative estimate of drug-likeness (QED) is 0.732. The maximum atomic E-state index is 11.3. The third-order valence-corrected chi connectivity index (χ3v) is 3.88. The highest BCUT2D eigenvalue weighted by atomic mass is 16.4. The Labute approximate surface area is 115 Å². The number of hydrogen-bond acceptors (Lipinski definition) is 4. The molecule has 0 radical (unpaired) electrons. The fourth-order valence-electron chi connectivity index (χ4n) is 2.90. The third-order valence-electron chi connectivity index (χ3n) is 3.88. The second kappa shape index (κ2) is 4.70. The van der Waals surface area contributed by atoms with Crippen LogP contribution in [0.25, 0.3) is 0 Å². The summed E-state index contributed by atoms with van der Waals surface area (Å²) in [7, 11) is 0. The Balaban J connectivity index is 1.99. The molecule has 1 aliphatic heterocycles. The van der Waals surface area contributed by atoms with E-state index in [0.717, 1.165) is 0 Å². The van der Waals surface area contributed by atoms with Gasteiger partial charge in [0.25, 0.3) is 0 Å². The summed E-state index contributed by atoms with van der Waals surface area (Å²) >= 11 is 0. The minimum Gasteiger partial charge on any atom is -0.481 e. The number of aliphatic carboxylic acids is 2. The summed E-state index contributed by atoms with van der Waals surface area (Å²) in [5, 5.41) is 18.5. The molecule has 6 nitrogen and oxygen atoms in total. The summed E-state index contributed by atoms with van der Waals surface area (Å²) in [4.78, 5) is 31.5. The summed E-state index contributed by atoms with van der Waals surface area (Å²) in [6.45, 7) is 0. The van der Waals surface area contributed by atoms with Crippen molar-refractivity contribution in [1.82, 2.24) is 0 Å². The van der Waals surface area contributed by atoms with Crippen molar-refractivity contribution in [2.75, 3.05) is 0 Å². The van der Waals surface area contributed by atoms with Crippen molar-refractivity contribution in [3.63, 3.8) is 0 Å². The van der Waals surface area contributed by atoms with Crippen molar-refractivity contribution < 1.29 is 19.8 Å². The number of hydrogen-bond donors (Lipinski definition) is 2. The van der Waals surface area contributed by atoms with Gasteiger partial charge in [0.1, 0.15) is 23.9 Å². The van der Waals surface area contributed by atoms with Gasteiger partial charge >= 0.3 is 11.9 Å². The number of aliphatic imine (C=N–C) groups is 2. The molecule has 0 aromatic heterocycles. The lowest BCUT2D eigenvalue weighted by Crippen LogP contribution is -2.45. The van der Waals surface area contributed by atoms with E-state index in [1.165, 1.54) is 0 Å². The van der Waals surface area contributed by atoms with Crippen molar-refractivity contribution >= 4 is 23.4 Å². The third kappa shape index (κ3) is 1.97. The van der Waals surface area contributed by atoms with Gasteiger partial charge in [0.05, 0.1) is 0 Å². The van der Waals surface area contributed by atoms with E-state index in [9.17, 15) is 19.8 Å². The first-order valence-corrected chi connectivity index (χ1v) is 6.50. The molecule has 20 heavy (non-hydrogen) atoms. The lowest BCUT2D eigenvalue weighted by Gasteiger charge is -2.33. The summed E-state index contributed by atoms with van der Waals surface area (Å²) in [5.41, 5.74) is 1.35. The minimum atomic E-state index is -0.928. The Morgan fingerprint density at radius 3 is 1.65 bits per heavy atom. The smallest absolute Gasteiger partial charge is 0.312 e. The highest BCUT2D eigenvalue weighted by Gasteiger charge is 2.40. The van der Waals surface area contributed by atoms with Crippen molar-refractivity contribution in [1.29, 1.82) is 0 Å². The lowest BCUT2D eigenvalue weighted by molar-refractivity contribution is -0.141. The number of rotatable bonds is 2. The van der Waals surface area contributed by atoms with Gasteiger partial charge < -0.3 is 10.2 Å². The van der Waals surface area contributed by atoms with Crippen LogP contribution in [0.1, 0.15) is 12.8 Å². The van der Waals surface area contributed by atoms with E-state index in [1.54, 1.807) is 24.3 Å². The SMILES string of the molecule is O=C(O)[C@@H]1C=CCC2=N[C@@H]3C(=NC21)CC=C[C@H]3C(=O)O. The van der Waals surface area contributed by atoms with Crippen molar-refractivity contribution in [3.05, 3.63) is 24.3 Å². The van der Waals surface area contributed by atoms with Gasteiger partial charge in [0.15, 0.2) is 0 Å². The highest BCUT2D eigenvalue weighted by Crippen LogP contribution is 2.30. The first-order chi connectivity index (χ1) is 9.58. The van der Waals surface area contributed by atoms with Crippen LogP contribution >= 0.6 is 0 Å². The highest BCUT2D eigenvalue weighted by molar-refractivity contribution is 6.06. The van der Waals surface area contributed by atoms with E-state index in [0.29, 0.717) is 24.3 Å². The van der Waals surface area contributed by atoms with E-state index in [4.69, 9.17) is 0 Å². The second-order valence-electron chi connectivity index (χ2n) is 5.12. The van der Waals surface area contributed by atoms with Crippen LogP contribution in [0.2, 0.25) is 0 Å². The maximum Gasteiger partial charge on any atom is 0.312 e. The molecule has 1 unspecified atom stereocenters. The molecule has 0 amide bonds. The van der Waals surface area contributed by atoms with Gasteiger partial charge in [0, 0.05) is 24.3 Å². The maximum absolute atomic E-state index is 11.3. The predicted molar refractivity (Wildman–Crippen MR) is 72.2 cm³/mol. The molecular weight excluding hydrogens is 260 g/mol. The second-order valence-corrected chi connectivity index (χ2v) is 5.12. The minimum absolute atomic E-state index is 0.482. The monoisotopic (exact) mass is 274 g/mol. The molecule has 0 saturated carbocycles. The molecular formula is C14H14N2O4. The molecule has 0 saturated heterocycles. The van der Waals surface area contributed by atoms with Gasteiger partial charge in [-0.25, -0.2) is 0 Å². The molecule has 0 aromatic carbocycles. The predicted octanol–water partition coefficient (Wildman–Crippen LogP) is 0.941. The standard InChI is InChI=1S/C14H14N2O4/c17-13(18)7-3-1-5-9-11(7)16-10-6-2-4-8(14(19)20)12(10)15-9/h1-4,7-8,11-12H,5-6H2,(H,17,18)(H,19,20)/t7-,8-,11+,12?/m1/s1. The number of fused-ring (bicyclic) bond motifs is 2. The van der Waals surface area contributed by atoms with Gasteiger partial charge in [-0.2, -0.15) is 0 Å². The molecule has 3 rings (SSSR count). The van der Waals surface area contributed by atoms with Gasteiger partial charge in [-0.15, -0.1) is 0 Å². The van der Waals surface area contributed by atoms with Crippen LogP contribution < -0.4 is 0 Å². The first-order valence-electron chi connectivity index (χ1n) is 6.50. The van der Waals surface area contributed by atoms with Gasteiger partial charge in [-0.05, 0) is 0 Å². The van der Waals surface area contributed by atoms with Crippen LogP contribution in [-0.4, -0.2) is 45.7 Å². The Bertz CT molecular complexity index is 536. The fourth-order valence-corrected chi connectivity index (χ4v) is 2.90. The molecule has 4 atom stereocenters. The molecule has 1 heterocycles. The summed E-state index contributed by atoms with van der Waals surface area (Å²) < 4.78 is 0. The number of allylic oxidation sites excluding steroid dienone is 2. The van der Waals surface area contributed by atoms with Crippen LogP contribution in [0.4, 0.5) is 0 Å². The van der Waals surface area contributed by atoms with E-state index in [2.05, 4.69) is 9.98 Å². The zero-order valence-corrected chi connectivity index (χ0v) is 10.6. The molecule has 0 bridgehead atoms. The van der Waals surface area contributed by atoms with Crippen LogP contribution in [0.3, 0.4) is 0 Å². The van der Waals surface area contributed by atoms with Crippen molar-refractivity contribution in [3.8, 4) is 0 Å². The summed E-state index contributed by atoms with van der Waals surface area (Å²) in [6.07, 6.45) is 7.90. The molecule has 3 aliphatic rings. The van der Waals surface area contributed by atoms with Gasteiger partial charge in [0.2, 0.25) is 0 Å². The van der Waals surface area contributed by atoms with Crippen LogP contribution in [-0.2, 0) is 9.59 Å². The zero-order chi connectivity index (χ0) is 14.3. The van der Waals surface area contributed by atoms with Crippen molar-refractivity contribution in [2.45, 2.75) is 24.9 Å². The molecule has 2 N–H and O–H groups in total. The molecule has 104 valence electrons. The number of carboxylic acid groups (broad SMARTS) is 2. The Hall–Kier alpha value is -2.24. The van der Waals surface area contributed by atoms with E-state index < -0.39 is 35.9 Å². The molecule has 0 spiro atoms. The fraction of sp³-hybridized carbons (Fsp3) is 0.429. The normalized spacial score (nSPS) is 34.6. The van der Waals surface area contributed by atoms with Crippen molar-refractivity contribution in [2.24, 2.45) is 21.8 Å². The first kappa shape index (κ1) is 12.8. The number of nitrogens with zero attached hydrogens (tertiary/aromatic N) is 2. The largest absolute Gasteiger partial charge is 0.481 e.